The van der Waals surface area contributed by atoms with Crippen LogP contribution in [-0.2, 0) is 0 Å². The van der Waals surface area contributed by atoms with Crippen molar-refractivity contribution in [2.24, 2.45) is 10.8 Å². The Morgan fingerprint density at radius 3 is 2.77 bits per heavy atom. The van der Waals surface area contributed by atoms with Gasteiger partial charge >= 0.3 is 0 Å². The molecule has 7 heteroatoms. The molecule has 0 atom stereocenters. The van der Waals surface area contributed by atoms with Crippen LogP contribution in [0.4, 0.5) is 0 Å². The van der Waals surface area contributed by atoms with Crippen molar-refractivity contribution in [3.63, 3.8) is 0 Å². The summed E-state index contributed by atoms with van der Waals surface area (Å²) < 4.78 is 4.50. The van der Waals surface area contributed by atoms with E-state index in [1.807, 2.05) is 0 Å². The van der Waals surface area contributed by atoms with Crippen LogP contribution in [0.2, 0.25) is 0 Å². The van der Waals surface area contributed by atoms with Gasteiger partial charge in [0.2, 0.25) is 0 Å². The number of nitrogens with one attached hydrogen (secondary N) is 1. The molecule has 1 rings (SSSR count). The molecule has 0 aromatic carbocycles. The minimum atomic E-state index is 0.105. The first kappa shape index (κ1) is 9.59. The molecule has 0 amide bonds. The summed E-state index contributed by atoms with van der Waals surface area (Å²) in [5.41, 5.74) is 9.51. The van der Waals surface area contributed by atoms with Gasteiger partial charge in [0.15, 0.2) is 10.8 Å². The second kappa shape index (κ2) is 3.94. The van der Waals surface area contributed by atoms with Gasteiger partial charge in [-0.05, 0) is 31.2 Å². The molecule has 0 aliphatic heterocycles. The normalized spacial score (nSPS) is 11.4. The van der Waals surface area contributed by atoms with Crippen molar-refractivity contribution < 1.29 is 4.63 Å². The molecule has 0 fully saturated rings. The fourth-order valence-electron chi connectivity index (χ4n) is 0.752. The van der Waals surface area contributed by atoms with Crippen molar-refractivity contribution in [2.75, 3.05) is 0 Å². The Kier molecular flexibility index (Phi) is 2.91. The molecule has 6 nitrogen and oxygen atoms in total. The number of aryl methyl sites for hydroxylation is 1. The lowest BCUT2D eigenvalue weighted by molar-refractivity contribution is 0.304. The maximum absolute atomic E-state index is 5.19. The molecule has 0 radical (unpaired) electrons. The van der Waals surface area contributed by atoms with Crippen molar-refractivity contribution in [1.82, 2.24) is 15.7 Å². The number of hydrogen-bond donors (Lipinski definition) is 2. The third kappa shape index (κ3) is 2.48. The van der Waals surface area contributed by atoms with E-state index < -0.39 is 0 Å². The van der Waals surface area contributed by atoms with Crippen LogP contribution in [0.3, 0.4) is 0 Å². The lowest BCUT2D eigenvalue weighted by Crippen LogP contribution is -2.25. The highest BCUT2D eigenvalue weighted by atomic mass is 32.1. The predicted octanol–water partition coefficient (Wildman–Crippen LogP) is -0.0648. The van der Waals surface area contributed by atoms with Crippen molar-refractivity contribution >= 4 is 23.0 Å². The molecule has 0 saturated carbocycles. The number of nitrogens with zero attached hydrogens (tertiary/aromatic N) is 3. The maximum atomic E-state index is 5.19. The summed E-state index contributed by atoms with van der Waals surface area (Å²) in [7, 11) is 0. The molecule has 1 heterocycles. The smallest absolute Gasteiger partial charge is 0.184 e. The Balaban J connectivity index is 2.78. The number of hydrazone groups is 1. The van der Waals surface area contributed by atoms with E-state index in [1.165, 1.54) is 0 Å². The van der Waals surface area contributed by atoms with Gasteiger partial charge in [-0.25, -0.2) is 4.63 Å². The van der Waals surface area contributed by atoms with Crippen LogP contribution in [0.25, 0.3) is 0 Å². The summed E-state index contributed by atoms with van der Waals surface area (Å²) >= 11 is 4.58. The van der Waals surface area contributed by atoms with Crippen molar-refractivity contribution in [2.45, 2.75) is 13.8 Å². The quantitative estimate of drug-likeness (QED) is 0.394. The fraction of sp³-hybridized carbons (Fsp3) is 0.333. The van der Waals surface area contributed by atoms with Crippen LogP contribution in [-0.4, -0.2) is 21.1 Å². The topological polar surface area (TPSA) is 89.3 Å². The van der Waals surface area contributed by atoms with Gasteiger partial charge in [-0.1, -0.05) is 5.16 Å². The van der Waals surface area contributed by atoms with E-state index in [1.54, 1.807) is 13.8 Å². The average Bonchev–Trinajstić information content (AvgIpc) is 2.47. The Labute approximate surface area is 80.1 Å². The minimum Gasteiger partial charge on any atom is -0.375 e. The molecule has 0 aliphatic carbocycles. The summed E-state index contributed by atoms with van der Waals surface area (Å²) in [6.45, 7) is 3.52. The molecule has 0 unspecified atom stereocenters. The van der Waals surface area contributed by atoms with E-state index in [-0.39, 0.29) is 5.11 Å². The zero-order valence-corrected chi connectivity index (χ0v) is 8.05. The largest absolute Gasteiger partial charge is 0.375 e. The molecular weight excluding hydrogens is 190 g/mol. The zero-order valence-electron chi connectivity index (χ0n) is 7.24. The molecule has 0 bridgehead atoms. The van der Waals surface area contributed by atoms with Crippen LogP contribution in [0, 0.1) is 6.92 Å². The molecule has 0 saturated heterocycles. The molecule has 1 aromatic heterocycles. The summed E-state index contributed by atoms with van der Waals surface area (Å²) in [6, 6.07) is 0. The molecule has 0 aliphatic rings. The van der Waals surface area contributed by atoms with E-state index in [0.717, 1.165) is 0 Å². The molecular formula is C6H9N5OS. The average molecular weight is 199 g/mol. The SMILES string of the molecule is C/C(=N\NC(N)=S)c1nonc1C. The monoisotopic (exact) mass is 199 g/mol. The van der Waals surface area contributed by atoms with Gasteiger partial charge in [0, 0.05) is 0 Å². The Bertz CT molecular complexity index is 345. The first-order chi connectivity index (χ1) is 6.11. The third-order valence-electron chi connectivity index (χ3n) is 1.33. The molecule has 70 valence electrons. The second-order valence-electron chi connectivity index (χ2n) is 2.37. The Hall–Kier alpha value is -1.50. The highest BCUT2D eigenvalue weighted by molar-refractivity contribution is 7.80. The molecule has 1 aromatic rings. The summed E-state index contributed by atoms with van der Waals surface area (Å²) in [6.07, 6.45) is 0. The highest BCUT2D eigenvalue weighted by Crippen LogP contribution is 2.01. The lowest BCUT2D eigenvalue weighted by Gasteiger charge is -1.96. The van der Waals surface area contributed by atoms with Gasteiger partial charge in [-0.2, -0.15) is 5.10 Å². The summed E-state index contributed by atoms with van der Waals surface area (Å²) in [5.74, 6) is 0. The highest BCUT2D eigenvalue weighted by Gasteiger charge is 2.07. The first-order valence-corrected chi connectivity index (χ1v) is 3.91. The zero-order chi connectivity index (χ0) is 9.84. The Morgan fingerprint density at radius 1 is 1.62 bits per heavy atom. The molecule has 13 heavy (non-hydrogen) atoms. The van der Waals surface area contributed by atoms with Gasteiger partial charge in [-0.15, -0.1) is 0 Å². The predicted molar refractivity (Wildman–Crippen MR) is 51.2 cm³/mol. The van der Waals surface area contributed by atoms with E-state index in [4.69, 9.17) is 5.73 Å². The molecule has 3 N–H and O–H groups in total. The maximum Gasteiger partial charge on any atom is 0.184 e. The van der Waals surface area contributed by atoms with E-state index in [0.29, 0.717) is 17.1 Å². The van der Waals surface area contributed by atoms with E-state index >= 15 is 0 Å². The lowest BCUT2D eigenvalue weighted by atomic mass is 10.2. The standard InChI is InChI=1S/C6H9N5OS/c1-3(8-9-6(7)13)5-4(2)10-12-11-5/h1-2H3,(H3,7,9,13)/b8-3+. The van der Waals surface area contributed by atoms with Crippen LogP contribution in [0.15, 0.2) is 9.73 Å². The van der Waals surface area contributed by atoms with Crippen molar-refractivity contribution in [3.05, 3.63) is 11.4 Å². The van der Waals surface area contributed by atoms with Crippen LogP contribution in [0.1, 0.15) is 18.3 Å². The van der Waals surface area contributed by atoms with Crippen LogP contribution in [0.5, 0.6) is 0 Å². The van der Waals surface area contributed by atoms with E-state index in [9.17, 15) is 0 Å². The number of aromatic nitrogens is 2. The third-order valence-corrected chi connectivity index (χ3v) is 1.42. The first-order valence-electron chi connectivity index (χ1n) is 3.50. The summed E-state index contributed by atoms with van der Waals surface area (Å²) in [4.78, 5) is 0. The minimum absolute atomic E-state index is 0.105. The van der Waals surface area contributed by atoms with Crippen molar-refractivity contribution in [1.29, 1.82) is 0 Å². The number of hydrogen-bond acceptors (Lipinski definition) is 5. The van der Waals surface area contributed by atoms with Crippen LogP contribution >= 0.6 is 12.2 Å². The van der Waals surface area contributed by atoms with Gasteiger partial charge in [-0.3, -0.25) is 5.43 Å². The van der Waals surface area contributed by atoms with Gasteiger partial charge in [0.25, 0.3) is 0 Å². The number of rotatable bonds is 2. The number of thiocarbonyl (C=S) groups is 1. The molecule has 0 spiro atoms. The van der Waals surface area contributed by atoms with Gasteiger partial charge < -0.3 is 5.73 Å². The second-order valence-corrected chi connectivity index (χ2v) is 2.81. The van der Waals surface area contributed by atoms with Crippen LogP contribution < -0.4 is 11.2 Å². The van der Waals surface area contributed by atoms with Gasteiger partial charge in [0.1, 0.15) is 5.69 Å². The fourth-order valence-corrected chi connectivity index (χ4v) is 0.797. The Morgan fingerprint density at radius 2 is 2.31 bits per heavy atom. The number of nitrogens with two attached hydrogens (primary N) is 1. The van der Waals surface area contributed by atoms with Gasteiger partial charge in [0.05, 0.1) is 5.71 Å². The summed E-state index contributed by atoms with van der Waals surface area (Å²) in [5, 5.41) is 11.2. The van der Waals surface area contributed by atoms with E-state index in [2.05, 4.69) is 37.7 Å². The van der Waals surface area contributed by atoms with Crippen molar-refractivity contribution in [3.8, 4) is 0 Å².